The average molecular weight is 277 g/mol. The number of nitrogens with two attached hydrogens (primary N) is 1. The molecule has 6 heteroatoms. The topological polar surface area (TPSA) is 90.4 Å². The number of rotatable bonds is 6. The quantitative estimate of drug-likeness (QED) is 0.618. The van der Waals surface area contributed by atoms with Gasteiger partial charge in [0.05, 0.1) is 23.7 Å². The number of imidazole rings is 1. The van der Waals surface area contributed by atoms with Crippen LogP contribution in [0.3, 0.4) is 0 Å². The smallest absolute Gasteiger partial charge is 0.337 e. The molecule has 2 rings (SSSR count). The van der Waals surface area contributed by atoms with E-state index in [9.17, 15) is 4.79 Å². The number of benzene rings is 1. The van der Waals surface area contributed by atoms with Crippen LogP contribution in [0.15, 0.2) is 18.2 Å². The van der Waals surface area contributed by atoms with Crippen molar-refractivity contribution in [3.63, 3.8) is 0 Å². The van der Waals surface area contributed by atoms with Gasteiger partial charge >= 0.3 is 5.97 Å². The Bertz CT molecular complexity index is 607. The van der Waals surface area contributed by atoms with Gasteiger partial charge < -0.3 is 20.1 Å². The van der Waals surface area contributed by atoms with Gasteiger partial charge in [0.2, 0.25) is 5.95 Å². The maximum atomic E-state index is 11.6. The zero-order valence-electron chi connectivity index (χ0n) is 11.5. The van der Waals surface area contributed by atoms with Crippen LogP contribution >= 0.6 is 0 Å². The summed E-state index contributed by atoms with van der Waals surface area (Å²) in [4.78, 5) is 15.8. The predicted octanol–water partition coefficient (Wildman–Crippen LogP) is 1.57. The molecule has 0 radical (unpaired) electrons. The van der Waals surface area contributed by atoms with Gasteiger partial charge in [0.25, 0.3) is 0 Å². The molecule has 20 heavy (non-hydrogen) atoms. The molecule has 0 aliphatic heterocycles. The first-order chi connectivity index (χ1) is 9.67. The van der Waals surface area contributed by atoms with Crippen LogP contribution in [0.2, 0.25) is 0 Å². The number of aliphatic hydroxyl groups excluding tert-OH is 1. The Morgan fingerprint density at radius 3 is 2.90 bits per heavy atom. The lowest BCUT2D eigenvalue weighted by atomic mass is 10.2. The fraction of sp³-hybridized carbons (Fsp3) is 0.429. The second-order valence-electron chi connectivity index (χ2n) is 4.60. The van der Waals surface area contributed by atoms with Gasteiger partial charge in [-0.25, -0.2) is 9.78 Å². The van der Waals surface area contributed by atoms with Crippen molar-refractivity contribution in [3.05, 3.63) is 23.8 Å². The predicted molar refractivity (Wildman–Crippen MR) is 76.4 cm³/mol. The van der Waals surface area contributed by atoms with Crippen molar-refractivity contribution in [3.8, 4) is 0 Å². The molecule has 0 aliphatic rings. The van der Waals surface area contributed by atoms with Crippen molar-refractivity contribution < 1.29 is 14.6 Å². The SMILES string of the molecule is COC(=O)c1ccc2nc(N)n(CCCCCO)c2c1. The number of nitrogens with zero attached hydrogens (tertiary/aromatic N) is 2. The second kappa shape index (κ2) is 6.38. The summed E-state index contributed by atoms with van der Waals surface area (Å²) in [6, 6.07) is 5.19. The Morgan fingerprint density at radius 1 is 1.40 bits per heavy atom. The number of aliphatic hydroxyl groups is 1. The lowest BCUT2D eigenvalue weighted by Gasteiger charge is -2.06. The molecule has 108 valence electrons. The number of aryl methyl sites for hydroxylation is 1. The maximum absolute atomic E-state index is 11.6. The average Bonchev–Trinajstić information content (AvgIpc) is 2.77. The Labute approximate surface area is 117 Å². The highest BCUT2D eigenvalue weighted by Crippen LogP contribution is 2.20. The van der Waals surface area contributed by atoms with E-state index in [0.717, 1.165) is 30.3 Å². The summed E-state index contributed by atoms with van der Waals surface area (Å²) in [7, 11) is 1.35. The van der Waals surface area contributed by atoms with Crippen LogP contribution in [0, 0.1) is 0 Å². The Hall–Kier alpha value is -2.08. The standard InChI is InChI=1S/C14H19N3O3/c1-20-13(19)10-5-6-11-12(9-10)17(14(15)16-11)7-3-2-4-8-18/h5-6,9,18H,2-4,7-8H2,1H3,(H2,15,16). The van der Waals surface area contributed by atoms with Gasteiger partial charge in [-0.3, -0.25) is 0 Å². The molecular formula is C14H19N3O3. The van der Waals surface area contributed by atoms with Crippen molar-refractivity contribution in [2.75, 3.05) is 19.5 Å². The zero-order chi connectivity index (χ0) is 14.5. The van der Waals surface area contributed by atoms with Crippen LogP contribution in [-0.2, 0) is 11.3 Å². The minimum absolute atomic E-state index is 0.201. The molecule has 0 saturated heterocycles. The third-order valence-electron chi connectivity index (χ3n) is 3.24. The Balaban J connectivity index is 2.27. The number of anilines is 1. The molecule has 0 aliphatic carbocycles. The fourth-order valence-electron chi connectivity index (χ4n) is 2.18. The lowest BCUT2D eigenvalue weighted by Crippen LogP contribution is -2.05. The lowest BCUT2D eigenvalue weighted by molar-refractivity contribution is 0.0601. The summed E-state index contributed by atoms with van der Waals surface area (Å²) < 4.78 is 6.61. The third-order valence-corrected chi connectivity index (χ3v) is 3.24. The molecular weight excluding hydrogens is 258 g/mol. The number of unbranched alkanes of at least 4 members (excludes halogenated alkanes) is 2. The fourth-order valence-corrected chi connectivity index (χ4v) is 2.18. The molecule has 0 amide bonds. The first-order valence-corrected chi connectivity index (χ1v) is 6.62. The molecule has 1 aromatic heterocycles. The summed E-state index contributed by atoms with van der Waals surface area (Å²) in [6.45, 7) is 0.916. The van der Waals surface area contributed by atoms with E-state index < -0.39 is 0 Å². The summed E-state index contributed by atoms with van der Waals surface area (Å²) in [6.07, 6.45) is 2.60. The monoisotopic (exact) mass is 277 g/mol. The number of hydrogen-bond donors (Lipinski definition) is 2. The molecule has 0 spiro atoms. The van der Waals surface area contributed by atoms with E-state index in [-0.39, 0.29) is 12.6 Å². The van der Waals surface area contributed by atoms with E-state index >= 15 is 0 Å². The molecule has 0 bridgehead atoms. The normalized spacial score (nSPS) is 10.9. The number of nitrogen functional groups attached to an aromatic ring is 1. The third kappa shape index (κ3) is 2.91. The van der Waals surface area contributed by atoms with Gasteiger partial charge in [0, 0.05) is 13.2 Å². The number of ether oxygens (including phenoxy) is 1. The van der Waals surface area contributed by atoms with Crippen LogP contribution in [-0.4, -0.2) is 34.3 Å². The van der Waals surface area contributed by atoms with Gasteiger partial charge in [-0.2, -0.15) is 0 Å². The van der Waals surface area contributed by atoms with Gasteiger partial charge in [-0.05, 0) is 37.5 Å². The number of hydrogen-bond acceptors (Lipinski definition) is 5. The molecule has 0 atom stereocenters. The summed E-state index contributed by atoms with van der Waals surface area (Å²) in [5, 5.41) is 8.78. The van der Waals surface area contributed by atoms with Gasteiger partial charge in [0.1, 0.15) is 0 Å². The summed E-state index contributed by atoms with van der Waals surface area (Å²) in [5.41, 5.74) is 7.99. The number of carbonyl (C=O) groups is 1. The van der Waals surface area contributed by atoms with Crippen LogP contribution in [0.1, 0.15) is 29.6 Å². The molecule has 6 nitrogen and oxygen atoms in total. The van der Waals surface area contributed by atoms with Gasteiger partial charge in [-0.1, -0.05) is 0 Å². The molecule has 1 heterocycles. The van der Waals surface area contributed by atoms with E-state index in [4.69, 9.17) is 15.6 Å². The van der Waals surface area contributed by atoms with E-state index in [0.29, 0.717) is 18.1 Å². The number of methoxy groups -OCH3 is 1. The first kappa shape index (κ1) is 14.3. The molecule has 0 fully saturated rings. The maximum Gasteiger partial charge on any atom is 0.337 e. The molecule has 1 aromatic carbocycles. The summed E-state index contributed by atoms with van der Waals surface area (Å²) in [5.74, 6) is 0.0597. The highest BCUT2D eigenvalue weighted by atomic mass is 16.5. The molecule has 0 unspecified atom stereocenters. The summed E-state index contributed by atoms with van der Waals surface area (Å²) >= 11 is 0. The first-order valence-electron chi connectivity index (χ1n) is 6.62. The van der Waals surface area contributed by atoms with Crippen molar-refractivity contribution in [1.29, 1.82) is 0 Å². The van der Waals surface area contributed by atoms with E-state index in [1.54, 1.807) is 18.2 Å². The van der Waals surface area contributed by atoms with Crippen LogP contribution in [0.4, 0.5) is 5.95 Å². The van der Waals surface area contributed by atoms with Gasteiger partial charge in [0.15, 0.2) is 0 Å². The largest absolute Gasteiger partial charge is 0.465 e. The second-order valence-corrected chi connectivity index (χ2v) is 4.60. The number of aromatic nitrogens is 2. The Morgan fingerprint density at radius 2 is 2.20 bits per heavy atom. The van der Waals surface area contributed by atoms with Crippen molar-refractivity contribution in [2.24, 2.45) is 0 Å². The highest BCUT2D eigenvalue weighted by Gasteiger charge is 2.12. The molecule has 2 aromatic rings. The number of fused-ring (bicyclic) bond motifs is 1. The molecule has 3 N–H and O–H groups in total. The van der Waals surface area contributed by atoms with Crippen LogP contribution < -0.4 is 5.73 Å². The minimum Gasteiger partial charge on any atom is -0.465 e. The number of esters is 1. The van der Waals surface area contributed by atoms with Gasteiger partial charge in [-0.15, -0.1) is 0 Å². The van der Waals surface area contributed by atoms with Crippen molar-refractivity contribution >= 4 is 23.0 Å². The Kier molecular flexibility index (Phi) is 4.57. The van der Waals surface area contributed by atoms with Crippen LogP contribution in [0.5, 0.6) is 0 Å². The molecule has 0 saturated carbocycles. The van der Waals surface area contributed by atoms with E-state index in [1.807, 2.05) is 4.57 Å². The van der Waals surface area contributed by atoms with E-state index in [1.165, 1.54) is 7.11 Å². The minimum atomic E-state index is -0.376. The number of carbonyl (C=O) groups excluding carboxylic acids is 1. The van der Waals surface area contributed by atoms with Crippen LogP contribution in [0.25, 0.3) is 11.0 Å². The zero-order valence-corrected chi connectivity index (χ0v) is 11.5. The van der Waals surface area contributed by atoms with Crippen molar-refractivity contribution in [2.45, 2.75) is 25.8 Å². The highest BCUT2D eigenvalue weighted by molar-refractivity contribution is 5.94. The van der Waals surface area contributed by atoms with E-state index in [2.05, 4.69) is 4.98 Å². The van der Waals surface area contributed by atoms with Crippen molar-refractivity contribution in [1.82, 2.24) is 9.55 Å².